The molecule has 34 heavy (non-hydrogen) atoms. The van der Waals surface area contributed by atoms with Crippen LogP contribution in [0.3, 0.4) is 0 Å². The first-order valence-electron chi connectivity index (χ1n) is 11.2. The average Bonchev–Trinajstić information content (AvgIpc) is 3.49. The molecule has 0 radical (unpaired) electrons. The molecule has 6 nitrogen and oxygen atoms in total. The second-order valence-electron chi connectivity index (χ2n) is 8.17. The average molecular weight is 469 g/mol. The second-order valence-corrected chi connectivity index (χ2v) is 8.56. The Morgan fingerprint density at radius 2 is 1.74 bits per heavy atom. The summed E-state index contributed by atoms with van der Waals surface area (Å²) in [6.45, 7) is 2.14. The highest BCUT2D eigenvalue weighted by atomic mass is 32.1. The van der Waals surface area contributed by atoms with Crippen molar-refractivity contribution in [2.24, 2.45) is 0 Å². The lowest BCUT2D eigenvalue weighted by molar-refractivity contribution is 0.0697. The van der Waals surface area contributed by atoms with Gasteiger partial charge in [0.1, 0.15) is 6.04 Å². The van der Waals surface area contributed by atoms with Gasteiger partial charge in [-0.05, 0) is 84.9 Å². The van der Waals surface area contributed by atoms with Crippen LogP contribution in [0.15, 0.2) is 91.3 Å². The van der Waals surface area contributed by atoms with Crippen LogP contribution in [-0.2, 0) is 6.42 Å². The normalized spacial score (nSPS) is 17.6. The Kier molecular flexibility index (Phi) is 5.86. The van der Waals surface area contributed by atoms with Crippen molar-refractivity contribution in [1.29, 1.82) is 0 Å². The number of anilines is 1. The van der Waals surface area contributed by atoms with Crippen LogP contribution in [-0.4, -0.2) is 25.7 Å². The van der Waals surface area contributed by atoms with Gasteiger partial charge < -0.3 is 19.9 Å². The summed E-state index contributed by atoms with van der Waals surface area (Å²) in [4.78, 5) is 18.1. The highest BCUT2D eigenvalue weighted by Gasteiger charge is 2.42. The number of aromatic nitrogens is 2. The summed E-state index contributed by atoms with van der Waals surface area (Å²) in [6, 6.07) is 25.0. The number of hydrogen-bond donors (Lipinski definition) is 2. The molecule has 0 bridgehead atoms. The first-order valence-corrected chi connectivity index (χ1v) is 11.6. The van der Waals surface area contributed by atoms with E-state index in [0.717, 1.165) is 29.2 Å². The van der Waals surface area contributed by atoms with Crippen LogP contribution in [0.25, 0.3) is 5.69 Å². The van der Waals surface area contributed by atoms with Crippen LogP contribution >= 0.6 is 12.2 Å². The number of nitrogens with one attached hydrogen (secondary N) is 1. The minimum atomic E-state index is -0.943. The Morgan fingerprint density at radius 3 is 2.38 bits per heavy atom. The maximum atomic E-state index is 11.3. The Bertz CT molecular complexity index is 1320. The molecule has 0 spiro atoms. The number of carboxylic acids is 1. The molecule has 1 saturated heterocycles. The highest BCUT2D eigenvalue weighted by molar-refractivity contribution is 7.80. The number of pyridine rings is 1. The van der Waals surface area contributed by atoms with E-state index >= 15 is 0 Å². The summed E-state index contributed by atoms with van der Waals surface area (Å²) in [6.07, 6.45) is 4.75. The van der Waals surface area contributed by atoms with E-state index in [1.54, 1.807) is 18.3 Å². The fourth-order valence-electron chi connectivity index (χ4n) is 4.46. The summed E-state index contributed by atoms with van der Waals surface area (Å²) in [5.41, 5.74) is 5.32. The van der Waals surface area contributed by atoms with Crippen LogP contribution in [0.4, 0.5) is 5.69 Å². The van der Waals surface area contributed by atoms with Crippen molar-refractivity contribution in [1.82, 2.24) is 14.9 Å². The van der Waals surface area contributed by atoms with Gasteiger partial charge in [0.25, 0.3) is 0 Å². The van der Waals surface area contributed by atoms with Crippen LogP contribution in [0, 0.1) is 0 Å². The van der Waals surface area contributed by atoms with Gasteiger partial charge in [0.05, 0.1) is 17.3 Å². The lowest BCUT2D eigenvalue weighted by atomic mass is 10.0. The minimum Gasteiger partial charge on any atom is -0.478 e. The van der Waals surface area contributed by atoms with E-state index in [1.807, 2.05) is 42.6 Å². The zero-order chi connectivity index (χ0) is 23.7. The molecular weight excluding hydrogens is 444 g/mol. The smallest absolute Gasteiger partial charge is 0.335 e. The predicted octanol–water partition coefficient (Wildman–Crippen LogP) is 5.31. The number of nitrogens with zero attached hydrogens (tertiary/aromatic N) is 3. The van der Waals surface area contributed by atoms with E-state index in [2.05, 4.69) is 57.0 Å². The van der Waals surface area contributed by atoms with Crippen molar-refractivity contribution >= 4 is 29.0 Å². The monoisotopic (exact) mass is 468 g/mol. The number of carbonyl (C=O) groups is 1. The Morgan fingerprint density at radius 1 is 1.00 bits per heavy atom. The van der Waals surface area contributed by atoms with Crippen molar-refractivity contribution in [3.63, 3.8) is 0 Å². The zero-order valence-electron chi connectivity index (χ0n) is 18.6. The number of benzene rings is 2. The van der Waals surface area contributed by atoms with E-state index in [-0.39, 0.29) is 17.6 Å². The molecule has 1 aliphatic rings. The third-order valence-electron chi connectivity index (χ3n) is 6.20. The first kappa shape index (κ1) is 21.9. The molecule has 170 valence electrons. The lowest BCUT2D eigenvalue weighted by Crippen LogP contribution is -2.30. The third-order valence-corrected chi connectivity index (χ3v) is 6.51. The molecule has 0 saturated carbocycles. The molecule has 0 amide bonds. The summed E-state index contributed by atoms with van der Waals surface area (Å²) in [7, 11) is 0. The Labute approximate surface area is 203 Å². The number of hydrogen-bond acceptors (Lipinski definition) is 3. The number of aryl methyl sites for hydroxylation is 1. The number of aromatic carboxylic acids is 1. The molecule has 0 unspecified atom stereocenters. The Balaban J connectivity index is 1.62. The van der Waals surface area contributed by atoms with Gasteiger partial charge in [-0.15, -0.1) is 0 Å². The molecule has 2 aromatic carbocycles. The molecule has 2 atom stereocenters. The van der Waals surface area contributed by atoms with Gasteiger partial charge in [0.2, 0.25) is 0 Å². The summed E-state index contributed by atoms with van der Waals surface area (Å²) < 4.78 is 2.08. The van der Waals surface area contributed by atoms with Crippen molar-refractivity contribution < 1.29 is 9.90 Å². The third kappa shape index (κ3) is 3.95. The largest absolute Gasteiger partial charge is 0.478 e. The molecule has 2 N–H and O–H groups in total. The number of rotatable bonds is 6. The summed E-state index contributed by atoms with van der Waals surface area (Å²) >= 11 is 5.83. The first-order chi connectivity index (χ1) is 16.6. The van der Waals surface area contributed by atoms with Crippen molar-refractivity contribution in [3.8, 4) is 5.69 Å². The molecule has 1 aliphatic heterocycles. The van der Waals surface area contributed by atoms with Gasteiger partial charge in [-0.25, -0.2) is 4.79 Å². The van der Waals surface area contributed by atoms with Crippen molar-refractivity contribution in [2.45, 2.75) is 25.4 Å². The fraction of sp³-hybridized carbons (Fsp3) is 0.148. The van der Waals surface area contributed by atoms with E-state index in [4.69, 9.17) is 12.2 Å². The van der Waals surface area contributed by atoms with Crippen LogP contribution in [0.2, 0.25) is 0 Å². The number of carboxylic acid groups (broad SMARTS) is 1. The highest BCUT2D eigenvalue weighted by Crippen LogP contribution is 2.42. The number of thiocarbonyl (C=S) groups is 1. The predicted molar refractivity (Wildman–Crippen MR) is 136 cm³/mol. The van der Waals surface area contributed by atoms with E-state index in [1.165, 1.54) is 5.56 Å². The van der Waals surface area contributed by atoms with Crippen molar-refractivity contribution in [3.05, 3.63) is 114 Å². The fourth-order valence-corrected chi connectivity index (χ4v) is 4.81. The maximum absolute atomic E-state index is 11.3. The van der Waals surface area contributed by atoms with Gasteiger partial charge in [-0.3, -0.25) is 4.98 Å². The van der Waals surface area contributed by atoms with Gasteiger partial charge >= 0.3 is 5.97 Å². The minimum absolute atomic E-state index is 0.161. The zero-order valence-corrected chi connectivity index (χ0v) is 19.4. The van der Waals surface area contributed by atoms with Crippen molar-refractivity contribution in [2.75, 3.05) is 4.90 Å². The quantitative estimate of drug-likeness (QED) is 0.374. The molecular formula is C27H24N4O2S. The van der Waals surface area contributed by atoms with Crippen LogP contribution < -0.4 is 10.2 Å². The molecule has 4 aromatic rings. The molecule has 5 rings (SSSR count). The molecule has 7 heteroatoms. The summed E-state index contributed by atoms with van der Waals surface area (Å²) in [5, 5.41) is 13.4. The van der Waals surface area contributed by atoms with Crippen LogP contribution in [0.5, 0.6) is 0 Å². The van der Waals surface area contributed by atoms with Gasteiger partial charge in [0.15, 0.2) is 5.11 Å². The standard InChI is InChI=1S/C27H24N4O2S/c1-2-18-8-12-21(13-9-18)31-25(24(29-27(31)34)22-6-3-4-16-28-22)23-7-5-17-30(23)20-14-10-19(11-15-20)26(32)33/h3-17,24-25H,2H2,1H3,(H,29,34)(H,32,33)/t24-,25-/m0/s1. The van der Waals surface area contributed by atoms with Gasteiger partial charge in [-0.2, -0.15) is 0 Å². The molecule has 1 fully saturated rings. The summed E-state index contributed by atoms with van der Waals surface area (Å²) in [5.74, 6) is -0.943. The lowest BCUT2D eigenvalue weighted by Gasteiger charge is -2.29. The molecule has 3 heterocycles. The molecule has 2 aromatic heterocycles. The SMILES string of the molecule is CCc1ccc(N2C(=S)N[C@@H](c3ccccn3)[C@@H]2c2cccn2-c2ccc(C(=O)O)cc2)cc1. The van der Waals surface area contributed by atoms with Gasteiger partial charge in [0, 0.05) is 29.5 Å². The topological polar surface area (TPSA) is 70.4 Å². The van der Waals surface area contributed by atoms with Gasteiger partial charge in [-0.1, -0.05) is 25.1 Å². The second kappa shape index (κ2) is 9.11. The molecule has 0 aliphatic carbocycles. The maximum Gasteiger partial charge on any atom is 0.335 e. The van der Waals surface area contributed by atoms with Crippen LogP contribution in [0.1, 0.15) is 46.3 Å². The van der Waals surface area contributed by atoms with E-state index in [0.29, 0.717) is 5.11 Å². The van der Waals surface area contributed by atoms with E-state index in [9.17, 15) is 9.90 Å². The van der Waals surface area contributed by atoms with E-state index < -0.39 is 5.97 Å². The Hall–Kier alpha value is -3.97.